The van der Waals surface area contributed by atoms with Gasteiger partial charge < -0.3 is 14.9 Å². The summed E-state index contributed by atoms with van der Waals surface area (Å²) in [6, 6.07) is 0. The zero-order valence-corrected chi connectivity index (χ0v) is 5.11. The van der Waals surface area contributed by atoms with Crippen molar-refractivity contribution in [2.75, 3.05) is 6.61 Å². The summed E-state index contributed by atoms with van der Waals surface area (Å²) in [6.45, 7) is 0.660. The molecule has 0 aromatic rings. The van der Waals surface area contributed by atoms with Gasteiger partial charge in [0, 0.05) is 0 Å². The van der Waals surface area contributed by atoms with Crippen molar-refractivity contribution in [1.29, 1.82) is 0 Å². The number of aliphatic hydroxyl groups excluding tert-OH is 2. The monoisotopic (exact) mass is 151 g/mol. The molecule has 5 heteroatoms. The molecule has 0 saturated carbocycles. The lowest BCUT2D eigenvalue weighted by molar-refractivity contribution is -0.213. The molecule has 0 aromatic heterocycles. The van der Waals surface area contributed by atoms with Gasteiger partial charge in [-0.3, -0.25) is 0 Å². The summed E-state index contributed by atoms with van der Waals surface area (Å²) in [6.07, 6.45) is -2.98. The van der Waals surface area contributed by atoms with E-state index in [0.717, 1.165) is 6.61 Å². The molecule has 0 unspecified atom stereocenters. The van der Waals surface area contributed by atoms with Gasteiger partial charge in [-0.1, -0.05) is 0 Å². The minimum absolute atomic E-state index is 0.373. The van der Waals surface area contributed by atoms with E-state index in [1.54, 1.807) is 0 Å². The van der Waals surface area contributed by atoms with Crippen molar-refractivity contribution in [3.63, 3.8) is 0 Å². The fraction of sp³-hybridized carbons (Fsp3) is 0.800. The zero-order valence-electron chi connectivity index (χ0n) is 5.11. The van der Waals surface area contributed by atoms with Crippen LogP contribution in [-0.2, 0) is 9.68 Å². The Kier molecular flexibility index (Phi) is 2.56. The fourth-order valence-corrected chi connectivity index (χ4v) is 0.813. The highest BCUT2D eigenvalue weighted by atomic mass is 19.3. The molecule has 1 radical (unpaired) electrons. The first-order chi connectivity index (χ1) is 4.79. The third-order valence-corrected chi connectivity index (χ3v) is 1.38. The van der Waals surface area contributed by atoms with Gasteiger partial charge in [0.25, 0.3) is 0 Å². The van der Waals surface area contributed by atoms with E-state index in [-0.39, 0.29) is 6.61 Å². The Hall–Kier alpha value is -0.230. The minimum atomic E-state index is -1.10. The van der Waals surface area contributed by atoms with E-state index in [0.29, 0.717) is 0 Å². The largest absolute Gasteiger partial charge is 0.394 e. The Morgan fingerprint density at radius 2 is 2.40 bits per heavy atom. The Morgan fingerprint density at radius 1 is 1.70 bits per heavy atom. The van der Waals surface area contributed by atoms with E-state index in [1.807, 2.05) is 0 Å². The van der Waals surface area contributed by atoms with Crippen molar-refractivity contribution in [2.45, 2.75) is 18.3 Å². The molecule has 1 aliphatic rings. The summed E-state index contributed by atoms with van der Waals surface area (Å²) in [5.74, 6) is 0. The summed E-state index contributed by atoms with van der Waals surface area (Å²) >= 11 is 0. The molecule has 1 heterocycles. The zero-order chi connectivity index (χ0) is 7.56. The Morgan fingerprint density at radius 3 is 2.80 bits per heavy atom. The van der Waals surface area contributed by atoms with Crippen LogP contribution in [0.3, 0.4) is 0 Å². The van der Waals surface area contributed by atoms with Crippen LogP contribution < -0.4 is 0 Å². The van der Waals surface area contributed by atoms with Crippen LogP contribution in [-0.4, -0.2) is 35.1 Å². The lowest BCUT2D eigenvalue weighted by atomic mass is 10.2. The van der Waals surface area contributed by atoms with Gasteiger partial charge >= 0.3 is 0 Å². The third-order valence-electron chi connectivity index (χ3n) is 1.38. The molecule has 0 bridgehead atoms. The average Bonchev–Trinajstić information content (AvgIpc) is 2.30. The molecular weight excluding hydrogens is 143 g/mol. The van der Waals surface area contributed by atoms with Crippen LogP contribution in [0.4, 0.5) is 4.53 Å². The van der Waals surface area contributed by atoms with Gasteiger partial charge in [-0.05, 0) is 4.53 Å². The topological polar surface area (TPSA) is 58.9 Å². The molecule has 0 amide bonds. The standard InChI is InChI=1S/C5H8FO4/c6-10-5-3(8)2-9-4(5)1-7/h2-5,7-8H,1H2/t3-,4+,5-/m0/s1. The van der Waals surface area contributed by atoms with Crippen molar-refractivity contribution < 1.29 is 24.4 Å². The van der Waals surface area contributed by atoms with E-state index in [1.165, 1.54) is 0 Å². The maximum Gasteiger partial charge on any atom is 0.155 e. The van der Waals surface area contributed by atoms with Gasteiger partial charge in [0.2, 0.25) is 0 Å². The van der Waals surface area contributed by atoms with Crippen molar-refractivity contribution in [3.8, 4) is 0 Å². The predicted molar refractivity (Wildman–Crippen MR) is 28.2 cm³/mol. The molecule has 0 aromatic carbocycles. The average molecular weight is 151 g/mol. The third kappa shape index (κ3) is 1.27. The SMILES string of the molecule is OC[C@H]1O[CH][C@H](O)[C@@H]1OF. The maximum absolute atomic E-state index is 11.5. The number of halogens is 1. The van der Waals surface area contributed by atoms with Crippen LogP contribution in [0.1, 0.15) is 0 Å². The second kappa shape index (κ2) is 3.25. The van der Waals surface area contributed by atoms with Crippen molar-refractivity contribution in [3.05, 3.63) is 6.61 Å². The first-order valence-electron chi connectivity index (χ1n) is 2.84. The Labute approximate surface area is 57.1 Å². The summed E-state index contributed by atoms with van der Waals surface area (Å²) < 4.78 is 16.1. The van der Waals surface area contributed by atoms with Crippen LogP contribution in [0, 0.1) is 6.61 Å². The lowest BCUT2D eigenvalue weighted by Crippen LogP contribution is -2.32. The molecule has 1 rings (SSSR count). The van der Waals surface area contributed by atoms with E-state index in [9.17, 15) is 4.53 Å². The number of rotatable bonds is 2. The van der Waals surface area contributed by atoms with Gasteiger partial charge in [0.1, 0.15) is 18.8 Å². The van der Waals surface area contributed by atoms with Crippen molar-refractivity contribution in [2.24, 2.45) is 0 Å². The van der Waals surface area contributed by atoms with Gasteiger partial charge in [-0.15, -0.1) is 0 Å². The molecule has 2 N–H and O–H groups in total. The number of hydrogen-bond acceptors (Lipinski definition) is 4. The molecule has 1 saturated heterocycles. The van der Waals surface area contributed by atoms with E-state index in [2.05, 4.69) is 9.68 Å². The molecule has 3 atom stereocenters. The first-order valence-corrected chi connectivity index (χ1v) is 2.84. The summed E-state index contributed by atoms with van der Waals surface area (Å²) in [5, 5.41) is 17.3. The van der Waals surface area contributed by atoms with Crippen molar-refractivity contribution in [1.82, 2.24) is 0 Å². The summed E-state index contributed by atoms with van der Waals surface area (Å²) in [5.41, 5.74) is 0. The summed E-state index contributed by atoms with van der Waals surface area (Å²) in [7, 11) is 0. The first kappa shape index (κ1) is 7.87. The molecule has 4 nitrogen and oxygen atoms in total. The van der Waals surface area contributed by atoms with Crippen LogP contribution in [0.15, 0.2) is 0 Å². The molecule has 0 aliphatic carbocycles. The van der Waals surface area contributed by atoms with Gasteiger partial charge in [-0.25, -0.2) is 0 Å². The highest BCUT2D eigenvalue weighted by Crippen LogP contribution is 2.20. The highest BCUT2D eigenvalue weighted by molar-refractivity contribution is 4.90. The van der Waals surface area contributed by atoms with E-state index < -0.39 is 18.3 Å². The molecule has 1 fully saturated rings. The predicted octanol–water partition coefficient (Wildman–Crippen LogP) is -0.830. The number of ether oxygens (including phenoxy) is 1. The minimum Gasteiger partial charge on any atom is -0.394 e. The number of hydrogen-bond donors (Lipinski definition) is 2. The quantitative estimate of drug-likeness (QED) is 0.540. The molecule has 0 spiro atoms. The molecule has 10 heavy (non-hydrogen) atoms. The van der Waals surface area contributed by atoms with Crippen LogP contribution >= 0.6 is 0 Å². The Bertz CT molecular complexity index is 110. The van der Waals surface area contributed by atoms with Crippen molar-refractivity contribution >= 4 is 0 Å². The Balaban J connectivity index is 2.45. The fourth-order valence-electron chi connectivity index (χ4n) is 0.813. The molecular formula is C5H8FO4. The molecule has 59 valence electrons. The number of aliphatic hydroxyl groups is 2. The van der Waals surface area contributed by atoms with Gasteiger partial charge in [-0.2, -0.15) is 4.94 Å². The van der Waals surface area contributed by atoms with Gasteiger partial charge in [0.05, 0.1) is 6.61 Å². The van der Waals surface area contributed by atoms with E-state index >= 15 is 0 Å². The normalized spacial score (nSPS) is 40.5. The smallest absolute Gasteiger partial charge is 0.155 e. The highest BCUT2D eigenvalue weighted by Gasteiger charge is 2.38. The van der Waals surface area contributed by atoms with Crippen LogP contribution in [0.5, 0.6) is 0 Å². The van der Waals surface area contributed by atoms with Crippen LogP contribution in [0.2, 0.25) is 0 Å². The van der Waals surface area contributed by atoms with Crippen LogP contribution in [0.25, 0.3) is 0 Å². The summed E-state index contributed by atoms with van der Waals surface area (Å²) in [4.78, 5) is 3.36. The molecule has 1 aliphatic heterocycles. The second-order valence-corrected chi connectivity index (χ2v) is 2.04. The maximum atomic E-state index is 11.5. The second-order valence-electron chi connectivity index (χ2n) is 2.04. The lowest BCUT2D eigenvalue weighted by Gasteiger charge is -2.11. The van der Waals surface area contributed by atoms with E-state index in [4.69, 9.17) is 10.2 Å². The van der Waals surface area contributed by atoms with Gasteiger partial charge in [0.15, 0.2) is 6.10 Å².